The van der Waals surface area contributed by atoms with Crippen molar-refractivity contribution in [2.45, 2.75) is 44.6 Å². The summed E-state index contributed by atoms with van der Waals surface area (Å²) in [6.07, 6.45) is 7.42. The average Bonchev–Trinajstić information content (AvgIpc) is 3.03. The van der Waals surface area contributed by atoms with E-state index in [0.717, 1.165) is 12.8 Å². The average molecular weight is 321 g/mol. The zero-order valence-electron chi connectivity index (χ0n) is 12.1. The zero-order chi connectivity index (χ0) is 15.4. The van der Waals surface area contributed by atoms with Crippen LogP contribution in [0, 0.1) is 0 Å². The van der Waals surface area contributed by atoms with Crippen LogP contribution in [0.4, 0.5) is 0 Å². The van der Waals surface area contributed by atoms with E-state index >= 15 is 0 Å². The molecular formula is C15H17ClN4O2. The summed E-state index contributed by atoms with van der Waals surface area (Å²) in [4.78, 5) is 20.3. The SMILES string of the molecule is O=C(NCc1noc(C2CCCCC2)n1)c1cccnc1Cl. The standard InChI is InChI=1S/C15H17ClN4O2/c16-13-11(7-4-8-17-13)14(21)18-9-12-19-15(22-20-12)10-5-2-1-3-6-10/h4,7-8,10H,1-3,5-6,9H2,(H,18,21). The fraction of sp³-hybridized carbons (Fsp3) is 0.467. The molecule has 0 aliphatic heterocycles. The molecule has 0 spiro atoms. The molecule has 1 saturated carbocycles. The predicted octanol–water partition coefficient (Wildman–Crippen LogP) is 3.10. The summed E-state index contributed by atoms with van der Waals surface area (Å²) in [6, 6.07) is 3.28. The number of carbonyl (C=O) groups excluding carboxylic acids is 1. The smallest absolute Gasteiger partial charge is 0.254 e. The van der Waals surface area contributed by atoms with E-state index in [2.05, 4.69) is 20.4 Å². The molecule has 1 aliphatic carbocycles. The molecule has 1 fully saturated rings. The molecule has 0 radical (unpaired) electrons. The topological polar surface area (TPSA) is 80.9 Å². The summed E-state index contributed by atoms with van der Waals surface area (Å²) >= 11 is 5.88. The largest absolute Gasteiger partial charge is 0.345 e. The molecule has 0 aromatic carbocycles. The first-order valence-electron chi connectivity index (χ1n) is 7.45. The molecule has 1 N–H and O–H groups in total. The number of nitrogens with zero attached hydrogens (tertiary/aromatic N) is 3. The van der Waals surface area contributed by atoms with Gasteiger partial charge in [-0.3, -0.25) is 4.79 Å². The van der Waals surface area contributed by atoms with Gasteiger partial charge < -0.3 is 9.84 Å². The quantitative estimate of drug-likeness (QED) is 0.875. The number of aromatic nitrogens is 3. The van der Waals surface area contributed by atoms with E-state index in [4.69, 9.17) is 16.1 Å². The third-order valence-electron chi connectivity index (χ3n) is 3.85. The van der Waals surface area contributed by atoms with Crippen molar-refractivity contribution < 1.29 is 9.32 Å². The van der Waals surface area contributed by atoms with E-state index in [1.54, 1.807) is 12.1 Å². The van der Waals surface area contributed by atoms with Gasteiger partial charge in [-0.15, -0.1) is 0 Å². The Labute approximate surface area is 133 Å². The van der Waals surface area contributed by atoms with Gasteiger partial charge in [-0.1, -0.05) is 36.0 Å². The van der Waals surface area contributed by atoms with E-state index in [1.165, 1.54) is 25.5 Å². The minimum atomic E-state index is -0.304. The molecule has 0 saturated heterocycles. The summed E-state index contributed by atoms with van der Waals surface area (Å²) in [6.45, 7) is 0.209. The molecule has 3 rings (SSSR count). The number of rotatable bonds is 4. The lowest BCUT2D eigenvalue weighted by molar-refractivity contribution is 0.0949. The Kier molecular flexibility index (Phi) is 4.68. The van der Waals surface area contributed by atoms with Gasteiger partial charge in [-0.05, 0) is 25.0 Å². The first-order valence-corrected chi connectivity index (χ1v) is 7.83. The van der Waals surface area contributed by atoms with Crippen LogP contribution < -0.4 is 5.32 Å². The highest BCUT2D eigenvalue weighted by atomic mass is 35.5. The molecule has 0 atom stereocenters. The molecule has 7 heteroatoms. The van der Waals surface area contributed by atoms with Crippen molar-refractivity contribution in [3.8, 4) is 0 Å². The highest BCUT2D eigenvalue weighted by Gasteiger charge is 2.21. The van der Waals surface area contributed by atoms with Gasteiger partial charge in [0.1, 0.15) is 5.15 Å². The van der Waals surface area contributed by atoms with E-state index in [1.807, 2.05) is 0 Å². The van der Waals surface area contributed by atoms with Crippen LogP contribution in [0.15, 0.2) is 22.9 Å². The third kappa shape index (κ3) is 3.44. The van der Waals surface area contributed by atoms with Crippen LogP contribution in [0.5, 0.6) is 0 Å². The van der Waals surface area contributed by atoms with Crippen molar-refractivity contribution in [2.24, 2.45) is 0 Å². The van der Waals surface area contributed by atoms with Crippen LogP contribution in [0.2, 0.25) is 5.15 Å². The number of carbonyl (C=O) groups is 1. The van der Waals surface area contributed by atoms with Crippen LogP contribution in [-0.2, 0) is 6.54 Å². The van der Waals surface area contributed by atoms with Gasteiger partial charge >= 0.3 is 0 Å². The molecule has 6 nitrogen and oxygen atoms in total. The van der Waals surface area contributed by atoms with E-state index < -0.39 is 0 Å². The van der Waals surface area contributed by atoms with Crippen molar-refractivity contribution in [3.05, 3.63) is 40.8 Å². The van der Waals surface area contributed by atoms with Gasteiger partial charge in [-0.2, -0.15) is 4.98 Å². The normalized spacial score (nSPS) is 15.7. The fourth-order valence-corrected chi connectivity index (χ4v) is 2.87. The summed E-state index contributed by atoms with van der Waals surface area (Å²) in [7, 11) is 0. The van der Waals surface area contributed by atoms with Crippen LogP contribution >= 0.6 is 11.6 Å². The Morgan fingerprint density at radius 2 is 2.18 bits per heavy atom. The second-order valence-electron chi connectivity index (χ2n) is 5.41. The molecule has 1 aliphatic rings. The Bertz CT molecular complexity index is 652. The number of halogens is 1. The van der Waals surface area contributed by atoms with Crippen molar-refractivity contribution in [1.82, 2.24) is 20.4 Å². The summed E-state index contributed by atoms with van der Waals surface area (Å²) in [5, 5.41) is 6.83. The monoisotopic (exact) mass is 320 g/mol. The van der Waals surface area contributed by atoms with Crippen LogP contribution in [0.25, 0.3) is 0 Å². The van der Waals surface area contributed by atoms with Crippen LogP contribution in [-0.4, -0.2) is 21.0 Å². The summed E-state index contributed by atoms with van der Waals surface area (Å²) in [5.74, 6) is 1.22. The highest BCUT2D eigenvalue weighted by molar-refractivity contribution is 6.32. The van der Waals surface area contributed by atoms with Gasteiger partial charge in [0.25, 0.3) is 5.91 Å². The first kappa shape index (κ1) is 15.0. The van der Waals surface area contributed by atoms with Gasteiger partial charge in [0.05, 0.1) is 12.1 Å². The highest BCUT2D eigenvalue weighted by Crippen LogP contribution is 2.31. The van der Waals surface area contributed by atoms with Gasteiger partial charge in [0.2, 0.25) is 5.89 Å². The molecule has 22 heavy (non-hydrogen) atoms. The lowest BCUT2D eigenvalue weighted by atomic mass is 9.89. The number of hydrogen-bond donors (Lipinski definition) is 1. The number of hydrogen-bond acceptors (Lipinski definition) is 5. The van der Waals surface area contributed by atoms with Gasteiger partial charge in [0, 0.05) is 12.1 Å². The molecule has 2 aromatic rings. The predicted molar refractivity (Wildman–Crippen MR) is 80.5 cm³/mol. The van der Waals surface area contributed by atoms with Gasteiger partial charge in [0.15, 0.2) is 5.82 Å². The Hall–Kier alpha value is -1.95. The maximum Gasteiger partial charge on any atom is 0.254 e. The van der Waals surface area contributed by atoms with Crippen molar-refractivity contribution in [3.63, 3.8) is 0 Å². The minimum absolute atomic E-state index is 0.177. The zero-order valence-corrected chi connectivity index (χ0v) is 12.8. The number of nitrogens with one attached hydrogen (secondary N) is 1. The summed E-state index contributed by atoms with van der Waals surface area (Å²) < 4.78 is 5.32. The van der Waals surface area contributed by atoms with E-state index in [9.17, 15) is 4.79 Å². The molecule has 1 amide bonds. The third-order valence-corrected chi connectivity index (χ3v) is 4.15. The lowest BCUT2D eigenvalue weighted by Crippen LogP contribution is -2.24. The fourth-order valence-electron chi connectivity index (χ4n) is 2.66. The van der Waals surface area contributed by atoms with Gasteiger partial charge in [-0.25, -0.2) is 4.98 Å². The maximum atomic E-state index is 12.0. The molecule has 2 aromatic heterocycles. The maximum absolute atomic E-state index is 12.0. The number of pyridine rings is 1. The molecular weight excluding hydrogens is 304 g/mol. The van der Waals surface area contributed by atoms with E-state index in [-0.39, 0.29) is 17.6 Å². The van der Waals surface area contributed by atoms with Crippen molar-refractivity contribution in [2.75, 3.05) is 0 Å². The molecule has 2 heterocycles. The van der Waals surface area contributed by atoms with Crippen molar-refractivity contribution in [1.29, 1.82) is 0 Å². The van der Waals surface area contributed by atoms with Crippen LogP contribution in [0.3, 0.4) is 0 Å². The molecule has 0 bridgehead atoms. The Morgan fingerprint density at radius 3 is 2.95 bits per heavy atom. The lowest BCUT2D eigenvalue weighted by Gasteiger charge is -2.17. The first-order chi connectivity index (χ1) is 10.7. The minimum Gasteiger partial charge on any atom is -0.345 e. The Balaban J connectivity index is 1.59. The molecule has 0 unspecified atom stereocenters. The summed E-state index contributed by atoms with van der Waals surface area (Å²) in [5.41, 5.74) is 0.333. The van der Waals surface area contributed by atoms with Crippen molar-refractivity contribution >= 4 is 17.5 Å². The second kappa shape index (κ2) is 6.87. The number of amides is 1. The molecule has 116 valence electrons. The second-order valence-corrected chi connectivity index (χ2v) is 5.77. The Morgan fingerprint density at radius 1 is 1.36 bits per heavy atom. The van der Waals surface area contributed by atoms with E-state index in [0.29, 0.717) is 23.2 Å². The van der Waals surface area contributed by atoms with Crippen LogP contribution in [0.1, 0.15) is 60.1 Å².